The molecule has 18 heavy (non-hydrogen) atoms. The second kappa shape index (κ2) is 7.12. The first-order valence-corrected chi connectivity index (χ1v) is 7.34. The van der Waals surface area contributed by atoms with E-state index in [4.69, 9.17) is 4.74 Å². The molecule has 0 amide bonds. The molecule has 0 aromatic heterocycles. The minimum atomic E-state index is 0.0124. The molecule has 0 spiro atoms. The third kappa shape index (κ3) is 3.70. The predicted octanol–water partition coefficient (Wildman–Crippen LogP) is 2.81. The fourth-order valence-corrected chi connectivity index (χ4v) is 2.82. The molecular formula is C14H20BrNO2. The lowest BCUT2D eigenvalue weighted by Gasteiger charge is -2.26. The van der Waals surface area contributed by atoms with Crippen LogP contribution in [0.3, 0.4) is 0 Å². The number of likely N-dealkylation sites (tertiary alicyclic amines) is 1. The zero-order valence-corrected chi connectivity index (χ0v) is 12.2. The van der Waals surface area contributed by atoms with Crippen molar-refractivity contribution < 1.29 is 9.84 Å². The highest BCUT2D eigenvalue weighted by Crippen LogP contribution is 2.29. The van der Waals surface area contributed by atoms with Crippen molar-refractivity contribution in [1.29, 1.82) is 0 Å². The van der Waals surface area contributed by atoms with E-state index < -0.39 is 0 Å². The van der Waals surface area contributed by atoms with Gasteiger partial charge in [-0.15, -0.1) is 0 Å². The molecule has 4 heteroatoms. The number of halogens is 1. The van der Waals surface area contributed by atoms with Crippen LogP contribution in [0.5, 0.6) is 5.75 Å². The van der Waals surface area contributed by atoms with Crippen molar-refractivity contribution in [1.82, 2.24) is 4.90 Å². The van der Waals surface area contributed by atoms with Gasteiger partial charge in [-0.2, -0.15) is 0 Å². The van der Waals surface area contributed by atoms with Crippen molar-refractivity contribution >= 4 is 15.9 Å². The van der Waals surface area contributed by atoms with Gasteiger partial charge in [0.25, 0.3) is 0 Å². The summed E-state index contributed by atoms with van der Waals surface area (Å²) >= 11 is 3.46. The number of para-hydroxylation sites is 1. The monoisotopic (exact) mass is 313 g/mol. The topological polar surface area (TPSA) is 32.7 Å². The third-order valence-corrected chi connectivity index (χ3v) is 3.95. The van der Waals surface area contributed by atoms with Crippen LogP contribution in [0.1, 0.15) is 24.8 Å². The zero-order chi connectivity index (χ0) is 12.8. The Morgan fingerprint density at radius 2 is 2.00 bits per heavy atom. The lowest BCUT2D eigenvalue weighted by Crippen LogP contribution is -2.33. The first kappa shape index (κ1) is 13.8. The molecule has 3 nitrogen and oxygen atoms in total. The van der Waals surface area contributed by atoms with E-state index in [1.165, 1.54) is 32.4 Å². The van der Waals surface area contributed by atoms with E-state index in [-0.39, 0.29) is 6.61 Å². The largest absolute Gasteiger partial charge is 0.491 e. The molecule has 0 saturated carbocycles. The number of rotatable bonds is 5. The molecule has 1 aliphatic rings. The van der Waals surface area contributed by atoms with Gasteiger partial charge >= 0.3 is 0 Å². The van der Waals surface area contributed by atoms with E-state index in [1.807, 2.05) is 18.2 Å². The van der Waals surface area contributed by atoms with E-state index in [1.54, 1.807) is 0 Å². The van der Waals surface area contributed by atoms with Gasteiger partial charge in [-0.25, -0.2) is 0 Å². The van der Waals surface area contributed by atoms with Crippen molar-refractivity contribution in [3.05, 3.63) is 28.2 Å². The van der Waals surface area contributed by atoms with Crippen molar-refractivity contribution in [3.63, 3.8) is 0 Å². The first-order valence-electron chi connectivity index (χ1n) is 6.54. The quantitative estimate of drug-likeness (QED) is 0.907. The van der Waals surface area contributed by atoms with Gasteiger partial charge in [0, 0.05) is 12.1 Å². The zero-order valence-electron chi connectivity index (χ0n) is 10.6. The second-order valence-corrected chi connectivity index (χ2v) is 5.49. The minimum absolute atomic E-state index is 0.0124. The Labute approximate surface area is 117 Å². The molecule has 1 heterocycles. The van der Waals surface area contributed by atoms with Crippen LogP contribution in [0.2, 0.25) is 0 Å². The fourth-order valence-electron chi connectivity index (χ4n) is 2.30. The van der Waals surface area contributed by atoms with Gasteiger partial charge in [-0.1, -0.05) is 18.6 Å². The average Bonchev–Trinajstić information content (AvgIpc) is 2.41. The number of aliphatic hydroxyl groups excluding tert-OH is 1. The second-order valence-electron chi connectivity index (χ2n) is 4.64. The standard InChI is InChI=1S/C14H20BrNO2/c15-13-6-4-5-12(11-17)14(13)18-10-9-16-7-2-1-3-8-16/h4-6,17H,1-3,7-11H2. The molecule has 0 aliphatic carbocycles. The van der Waals surface area contributed by atoms with Gasteiger partial charge in [-0.05, 0) is 47.9 Å². The van der Waals surface area contributed by atoms with Gasteiger partial charge < -0.3 is 9.84 Å². The van der Waals surface area contributed by atoms with Crippen molar-refractivity contribution in [2.75, 3.05) is 26.2 Å². The number of benzene rings is 1. The third-order valence-electron chi connectivity index (χ3n) is 3.32. The van der Waals surface area contributed by atoms with Crippen LogP contribution in [-0.2, 0) is 6.61 Å². The van der Waals surface area contributed by atoms with Crippen molar-refractivity contribution in [2.24, 2.45) is 0 Å². The molecule has 1 aromatic carbocycles. The maximum Gasteiger partial charge on any atom is 0.139 e. The molecule has 0 bridgehead atoms. The summed E-state index contributed by atoms with van der Waals surface area (Å²) in [5, 5.41) is 9.28. The maximum atomic E-state index is 9.28. The summed E-state index contributed by atoms with van der Waals surface area (Å²) in [6, 6.07) is 5.74. The highest BCUT2D eigenvalue weighted by atomic mass is 79.9. The predicted molar refractivity (Wildman–Crippen MR) is 75.9 cm³/mol. The summed E-state index contributed by atoms with van der Waals surface area (Å²) in [6.45, 7) is 4.03. The van der Waals surface area contributed by atoms with Gasteiger partial charge in [0.1, 0.15) is 12.4 Å². The van der Waals surface area contributed by atoms with Crippen molar-refractivity contribution in [2.45, 2.75) is 25.9 Å². The summed E-state index contributed by atoms with van der Waals surface area (Å²) in [7, 11) is 0. The molecule has 1 fully saturated rings. The molecule has 1 saturated heterocycles. The van der Waals surface area contributed by atoms with Crippen LogP contribution in [0, 0.1) is 0 Å². The molecule has 100 valence electrons. The van der Waals surface area contributed by atoms with Crippen LogP contribution in [0.15, 0.2) is 22.7 Å². The van der Waals surface area contributed by atoms with E-state index in [0.717, 1.165) is 22.3 Å². The molecule has 1 N–H and O–H groups in total. The normalized spacial score (nSPS) is 16.8. The summed E-state index contributed by atoms with van der Waals surface area (Å²) in [4.78, 5) is 2.44. The molecule has 1 aliphatic heterocycles. The van der Waals surface area contributed by atoms with Gasteiger partial charge in [0.15, 0.2) is 0 Å². The van der Waals surface area contributed by atoms with E-state index in [9.17, 15) is 5.11 Å². The molecule has 0 radical (unpaired) electrons. The first-order chi connectivity index (χ1) is 8.81. The summed E-state index contributed by atoms with van der Waals surface area (Å²) < 4.78 is 6.72. The number of piperidine rings is 1. The number of ether oxygens (including phenoxy) is 1. The Hall–Kier alpha value is -0.580. The van der Waals surface area contributed by atoms with Crippen LogP contribution >= 0.6 is 15.9 Å². The molecule has 1 aromatic rings. The van der Waals surface area contributed by atoms with E-state index in [0.29, 0.717) is 6.61 Å². The molecule has 2 rings (SSSR count). The lowest BCUT2D eigenvalue weighted by molar-refractivity contribution is 0.180. The molecule has 0 atom stereocenters. The van der Waals surface area contributed by atoms with Crippen LogP contribution in [0.4, 0.5) is 0 Å². The number of aliphatic hydroxyl groups is 1. The average molecular weight is 314 g/mol. The SMILES string of the molecule is OCc1cccc(Br)c1OCCN1CCCCC1. The molecular weight excluding hydrogens is 294 g/mol. The Bertz CT molecular complexity index is 378. The van der Waals surface area contributed by atoms with Crippen LogP contribution < -0.4 is 4.74 Å². The molecule has 0 unspecified atom stereocenters. The van der Waals surface area contributed by atoms with E-state index in [2.05, 4.69) is 20.8 Å². The lowest BCUT2D eigenvalue weighted by atomic mass is 10.1. The Morgan fingerprint density at radius 1 is 1.22 bits per heavy atom. The van der Waals surface area contributed by atoms with Crippen molar-refractivity contribution in [3.8, 4) is 5.75 Å². The van der Waals surface area contributed by atoms with Gasteiger partial charge in [0.05, 0.1) is 11.1 Å². The fraction of sp³-hybridized carbons (Fsp3) is 0.571. The van der Waals surface area contributed by atoms with Gasteiger partial charge in [0.2, 0.25) is 0 Å². The Balaban J connectivity index is 1.85. The van der Waals surface area contributed by atoms with E-state index >= 15 is 0 Å². The van der Waals surface area contributed by atoms with Crippen LogP contribution in [-0.4, -0.2) is 36.2 Å². The minimum Gasteiger partial charge on any atom is -0.491 e. The van der Waals surface area contributed by atoms with Gasteiger partial charge in [-0.3, -0.25) is 4.90 Å². The Morgan fingerprint density at radius 3 is 2.72 bits per heavy atom. The summed E-state index contributed by atoms with van der Waals surface area (Å²) in [5.74, 6) is 0.775. The highest BCUT2D eigenvalue weighted by Gasteiger charge is 2.11. The Kier molecular flexibility index (Phi) is 5.47. The number of hydrogen-bond acceptors (Lipinski definition) is 3. The number of hydrogen-bond donors (Lipinski definition) is 1. The summed E-state index contributed by atoms with van der Waals surface area (Å²) in [5.41, 5.74) is 0.836. The van der Waals surface area contributed by atoms with Crippen LogP contribution in [0.25, 0.3) is 0 Å². The highest BCUT2D eigenvalue weighted by molar-refractivity contribution is 9.10. The maximum absolute atomic E-state index is 9.28. The smallest absolute Gasteiger partial charge is 0.139 e. The number of nitrogens with zero attached hydrogens (tertiary/aromatic N) is 1. The summed E-state index contributed by atoms with van der Waals surface area (Å²) in [6.07, 6.45) is 3.96.